The van der Waals surface area contributed by atoms with E-state index in [1.165, 1.54) is 16.2 Å². The van der Waals surface area contributed by atoms with Gasteiger partial charge in [-0.15, -0.1) is 17.5 Å². The van der Waals surface area contributed by atoms with Crippen molar-refractivity contribution in [3.05, 3.63) is 76.0 Å². The van der Waals surface area contributed by atoms with Crippen LogP contribution in [0.3, 0.4) is 0 Å². The highest BCUT2D eigenvalue weighted by atomic mass is 35.5. The Balaban J connectivity index is 0.00000441. The number of nitrogens with one attached hydrogen (secondary N) is 1. The first-order valence-electron chi connectivity index (χ1n) is 13.0. The molecule has 1 atom stereocenters. The van der Waals surface area contributed by atoms with Crippen LogP contribution in [0.4, 0.5) is 4.79 Å². The molecule has 0 radical (unpaired) electrons. The molecule has 40 heavy (non-hydrogen) atoms. The van der Waals surface area contributed by atoms with Crippen molar-refractivity contribution < 1.29 is 23.8 Å². The van der Waals surface area contributed by atoms with Crippen LogP contribution in [-0.4, -0.2) is 44.7 Å². The van der Waals surface area contributed by atoms with Crippen molar-refractivity contribution in [3.8, 4) is 11.4 Å². The predicted octanol–water partition coefficient (Wildman–Crippen LogP) is 4.35. The zero-order chi connectivity index (χ0) is 27.9. The Morgan fingerprint density at radius 3 is 2.27 bits per heavy atom. The van der Waals surface area contributed by atoms with E-state index in [4.69, 9.17) is 25.4 Å². The maximum absolute atomic E-state index is 13.1. The molecule has 214 valence electrons. The van der Waals surface area contributed by atoms with Gasteiger partial charge >= 0.3 is 17.8 Å². The van der Waals surface area contributed by atoms with E-state index in [1.807, 2.05) is 12.1 Å². The Morgan fingerprint density at radius 2 is 1.65 bits per heavy atom. The third kappa shape index (κ3) is 7.72. The molecule has 12 heteroatoms. The Kier molecular flexibility index (Phi) is 10.5. The minimum atomic E-state index is -1.04. The Labute approximate surface area is 238 Å². The van der Waals surface area contributed by atoms with Crippen molar-refractivity contribution in [1.29, 1.82) is 5.41 Å². The molecule has 1 aromatic heterocycles. The molecule has 4 rings (SSSR count). The summed E-state index contributed by atoms with van der Waals surface area (Å²) in [7, 11) is 0. The Hall–Kier alpha value is -4.12. The highest BCUT2D eigenvalue weighted by molar-refractivity contribution is 5.95. The number of nitrogen functional groups attached to an aromatic ring is 1. The lowest BCUT2D eigenvalue weighted by atomic mass is 9.98. The first kappa shape index (κ1) is 30.4. The largest absolute Gasteiger partial charge is 0.511 e. The SMILES string of the molecule is Cc1nn(-c2ccc(C(=N)N)cc2)c(=O)n1-c1ccc(CCC(=O)OC(C)OC(=O)OC2CCCCC2)cc1.Cl. The standard InChI is InChI=1S/C28H33N5O6.ClH/c1-18-31-33(23-15-11-21(12-16-23)26(29)30)27(35)32(18)22-13-8-20(9-14-22)10-17-25(34)37-19(2)38-28(36)39-24-6-4-3-5-7-24;/h8-9,11-16,19,24H,3-7,10,17H2,1-2H3,(H3,29,30);1H. The smallest absolute Gasteiger partial charge is 0.431 e. The zero-order valence-corrected chi connectivity index (χ0v) is 23.3. The number of aryl methyl sites for hydroxylation is 2. The number of esters is 1. The molecule has 0 bridgehead atoms. The molecule has 0 spiro atoms. The summed E-state index contributed by atoms with van der Waals surface area (Å²) in [6, 6.07) is 13.9. The number of amidine groups is 1. The van der Waals surface area contributed by atoms with Gasteiger partial charge in [-0.3, -0.25) is 10.2 Å². The monoisotopic (exact) mass is 571 g/mol. The molecular formula is C28H34ClN5O6. The van der Waals surface area contributed by atoms with Gasteiger partial charge in [-0.25, -0.2) is 14.2 Å². The van der Waals surface area contributed by atoms with Gasteiger partial charge in [0, 0.05) is 18.9 Å². The number of carbonyl (C=O) groups excluding carboxylic acids is 2. The van der Waals surface area contributed by atoms with Crippen LogP contribution in [0.2, 0.25) is 0 Å². The molecule has 1 heterocycles. The van der Waals surface area contributed by atoms with Gasteiger partial charge in [0.15, 0.2) is 0 Å². The molecule has 1 saturated carbocycles. The summed E-state index contributed by atoms with van der Waals surface area (Å²) in [6.07, 6.45) is 3.37. The van der Waals surface area contributed by atoms with Gasteiger partial charge in [-0.1, -0.05) is 18.6 Å². The van der Waals surface area contributed by atoms with E-state index in [-0.39, 0.29) is 36.5 Å². The van der Waals surface area contributed by atoms with E-state index >= 15 is 0 Å². The molecule has 2 aromatic carbocycles. The van der Waals surface area contributed by atoms with Crippen molar-refractivity contribution >= 4 is 30.4 Å². The first-order chi connectivity index (χ1) is 18.7. The van der Waals surface area contributed by atoms with Gasteiger partial charge in [0.05, 0.1) is 11.4 Å². The van der Waals surface area contributed by atoms with E-state index in [2.05, 4.69) is 5.10 Å². The van der Waals surface area contributed by atoms with Gasteiger partial charge in [0.2, 0.25) is 6.29 Å². The number of nitrogens with two attached hydrogens (primary N) is 1. The lowest BCUT2D eigenvalue weighted by Gasteiger charge is -2.22. The summed E-state index contributed by atoms with van der Waals surface area (Å²) in [6.45, 7) is 3.21. The van der Waals surface area contributed by atoms with Crippen molar-refractivity contribution in [2.75, 3.05) is 0 Å². The molecule has 0 saturated heterocycles. The molecule has 3 aromatic rings. The van der Waals surface area contributed by atoms with E-state index < -0.39 is 18.4 Å². The van der Waals surface area contributed by atoms with E-state index in [1.54, 1.807) is 43.3 Å². The van der Waals surface area contributed by atoms with E-state index in [0.29, 0.717) is 29.2 Å². The third-order valence-electron chi connectivity index (χ3n) is 6.55. The number of aromatic nitrogens is 3. The van der Waals surface area contributed by atoms with Crippen LogP contribution in [-0.2, 0) is 25.4 Å². The maximum atomic E-state index is 13.1. The fourth-order valence-electron chi connectivity index (χ4n) is 4.52. The molecule has 0 amide bonds. The number of halogens is 1. The lowest BCUT2D eigenvalue weighted by Crippen LogP contribution is -2.26. The number of hydrogen-bond acceptors (Lipinski definition) is 8. The average molecular weight is 572 g/mol. The van der Waals surface area contributed by atoms with Crippen molar-refractivity contribution in [3.63, 3.8) is 0 Å². The molecule has 11 nitrogen and oxygen atoms in total. The normalized spacial score (nSPS) is 14.1. The molecule has 1 unspecified atom stereocenters. The fourth-order valence-corrected chi connectivity index (χ4v) is 4.52. The van der Waals surface area contributed by atoms with Crippen LogP contribution in [0.25, 0.3) is 11.4 Å². The van der Waals surface area contributed by atoms with Crippen LogP contribution in [0.15, 0.2) is 53.3 Å². The molecule has 1 aliphatic carbocycles. The number of ether oxygens (including phenoxy) is 3. The van der Waals surface area contributed by atoms with Crippen LogP contribution in [0.1, 0.15) is 62.4 Å². The molecule has 1 fully saturated rings. The minimum absolute atomic E-state index is 0. The summed E-state index contributed by atoms with van der Waals surface area (Å²) < 4.78 is 18.3. The number of rotatable bonds is 9. The number of carbonyl (C=O) groups is 2. The molecule has 3 N–H and O–H groups in total. The van der Waals surface area contributed by atoms with Crippen molar-refractivity contribution in [2.45, 2.75) is 71.2 Å². The Bertz CT molecular complexity index is 1380. The summed E-state index contributed by atoms with van der Waals surface area (Å²) in [5.74, 6) is -0.0504. The van der Waals surface area contributed by atoms with Crippen LogP contribution in [0, 0.1) is 12.3 Å². The van der Waals surface area contributed by atoms with Crippen molar-refractivity contribution in [1.82, 2.24) is 14.3 Å². The molecule has 1 aliphatic rings. The van der Waals surface area contributed by atoms with Crippen molar-refractivity contribution in [2.24, 2.45) is 5.73 Å². The van der Waals surface area contributed by atoms with Crippen LogP contribution < -0.4 is 11.4 Å². The topological polar surface area (TPSA) is 152 Å². The minimum Gasteiger partial charge on any atom is -0.431 e. The highest BCUT2D eigenvalue weighted by Crippen LogP contribution is 2.21. The molecule has 0 aliphatic heterocycles. The van der Waals surface area contributed by atoms with E-state index in [9.17, 15) is 14.4 Å². The fraction of sp³-hybridized carbons (Fsp3) is 0.393. The predicted molar refractivity (Wildman–Crippen MR) is 150 cm³/mol. The second-order valence-corrected chi connectivity index (χ2v) is 9.51. The van der Waals surface area contributed by atoms with Gasteiger partial charge < -0.3 is 19.9 Å². The summed E-state index contributed by atoms with van der Waals surface area (Å²) in [5.41, 5.74) is 7.79. The quantitative estimate of drug-likeness (QED) is 0.166. The second kappa shape index (κ2) is 13.8. The number of nitrogens with zero attached hydrogens (tertiary/aromatic N) is 3. The number of hydrogen-bond donors (Lipinski definition) is 2. The van der Waals surface area contributed by atoms with Gasteiger partial charge in [0.1, 0.15) is 17.8 Å². The lowest BCUT2D eigenvalue weighted by molar-refractivity contribution is -0.169. The summed E-state index contributed by atoms with van der Waals surface area (Å²) in [5, 5.41) is 11.9. The molecular weight excluding hydrogens is 538 g/mol. The van der Waals surface area contributed by atoms with Crippen LogP contribution >= 0.6 is 12.4 Å². The van der Waals surface area contributed by atoms with E-state index in [0.717, 1.165) is 37.7 Å². The zero-order valence-electron chi connectivity index (χ0n) is 22.5. The van der Waals surface area contributed by atoms with Gasteiger partial charge in [-0.2, -0.15) is 4.68 Å². The Morgan fingerprint density at radius 1 is 1.02 bits per heavy atom. The maximum Gasteiger partial charge on any atom is 0.511 e. The summed E-state index contributed by atoms with van der Waals surface area (Å²) in [4.78, 5) is 37.3. The van der Waals surface area contributed by atoms with Crippen LogP contribution in [0.5, 0.6) is 0 Å². The van der Waals surface area contributed by atoms with Gasteiger partial charge in [0.25, 0.3) is 0 Å². The third-order valence-corrected chi connectivity index (χ3v) is 6.55. The van der Waals surface area contributed by atoms with Gasteiger partial charge in [-0.05, 0) is 81.0 Å². The summed E-state index contributed by atoms with van der Waals surface area (Å²) >= 11 is 0. The highest BCUT2D eigenvalue weighted by Gasteiger charge is 2.21. The average Bonchev–Trinajstić information content (AvgIpc) is 3.21. The second-order valence-electron chi connectivity index (χ2n) is 9.51. The number of benzene rings is 2. The first-order valence-corrected chi connectivity index (χ1v) is 13.0.